The fourth-order valence-electron chi connectivity index (χ4n) is 3.23. The van der Waals surface area contributed by atoms with Crippen molar-refractivity contribution in [1.29, 1.82) is 0 Å². The van der Waals surface area contributed by atoms with Crippen LogP contribution in [-0.4, -0.2) is 50.5 Å². The van der Waals surface area contributed by atoms with Gasteiger partial charge in [-0.15, -0.1) is 0 Å². The largest absolute Gasteiger partial charge is 0.493 e. The molecular formula is C20H21N3O3. The van der Waals surface area contributed by atoms with Gasteiger partial charge in [-0.3, -0.25) is 4.98 Å². The molecule has 1 saturated heterocycles. The lowest BCUT2D eigenvalue weighted by Crippen LogP contribution is -2.36. The van der Waals surface area contributed by atoms with Crippen molar-refractivity contribution in [1.82, 2.24) is 9.97 Å². The second-order valence-corrected chi connectivity index (χ2v) is 6.07. The van der Waals surface area contributed by atoms with Gasteiger partial charge in [-0.25, -0.2) is 4.98 Å². The van der Waals surface area contributed by atoms with Gasteiger partial charge in [0.15, 0.2) is 11.5 Å². The molecule has 0 amide bonds. The zero-order valence-corrected chi connectivity index (χ0v) is 14.9. The molecule has 4 rings (SSSR count). The number of methoxy groups -OCH3 is 2. The number of fused-ring (bicyclic) bond motifs is 1. The van der Waals surface area contributed by atoms with Gasteiger partial charge in [0.1, 0.15) is 5.82 Å². The van der Waals surface area contributed by atoms with Gasteiger partial charge in [-0.05, 0) is 23.8 Å². The summed E-state index contributed by atoms with van der Waals surface area (Å²) >= 11 is 0. The summed E-state index contributed by atoms with van der Waals surface area (Å²) in [6.07, 6.45) is 1.83. The summed E-state index contributed by atoms with van der Waals surface area (Å²) in [5, 5.41) is 0. The average Bonchev–Trinajstić information content (AvgIpc) is 2.72. The molecule has 0 unspecified atom stereocenters. The molecule has 0 N–H and O–H groups in total. The Bertz CT molecular complexity index is 923. The summed E-state index contributed by atoms with van der Waals surface area (Å²) in [7, 11) is 3.29. The first-order chi connectivity index (χ1) is 12.8. The Morgan fingerprint density at radius 2 is 1.85 bits per heavy atom. The zero-order chi connectivity index (χ0) is 17.9. The number of benzene rings is 2. The predicted molar refractivity (Wildman–Crippen MR) is 101 cm³/mol. The molecule has 1 aromatic heterocycles. The molecule has 134 valence electrons. The molecule has 26 heavy (non-hydrogen) atoms. The lowest BCUT2D eigenvalue weighted by molar-refractivity contribution is 0.122. The molecule has 0 radical (unpaired) electrons. The van der Waals surface area contributed by atoms with Crippen LogP contribution in [0.1, 0.15) is 0 Å². The molecule has 0 bridgehead atoms. The zero-order valence-electron chi connectivity index (χ0n) is 14.9. The Balaban J connectivity index is 1.77. The van der Waals surface area contributed by atoms with Crippen LogP contribution >= 0.6 is 0 Å². The number of para-hydroxylation sites is 1. The highest BCUT2D eigenvalue weighted by Gasteiger charge is 2.15. The predicted octanol–water partition coefficient (Wildman–Crippen LogP) is 3.15. The number of ether oxygens (including phenoxy) is 3. The normalized spacial score (nSPS) is 14.5. The Morgan fingerprint density at radius 1 is 1.00 bits per heavy atom. The Labute approximate surface area is 152 Å². The SMILES string of the molecule is COc1cccc(-c2ccc3ncc(N4CCOCC4)nc3c2)c1OC. The third kappa shape index (κ3) is 3.04. The van der Waals surface area contributed by atoms with Crippen molar-refractivity contribution in [3.8, 4) is 22.6 Å². The van der Waals surface area contributed by atoms with E-state index in [0.29, 0.717) is 11.5 Å². The van der Waals surface area contributed by atoms with Gasteiger partial charge in [0.25, 0.3) is 0 Å². The maximum Gasteiger partial charge on any atom is 0.168 e. The monoisotopic (exact) mass is 351 g/mol. The first kappa shape index (κ1) is 16.6. The molecule has 2 heterocycles. The van der Waals surface area contributed by atoms with Crippen molar-refractivity contribution in [2.45, 2.75) is 0 Å². The first-order valence-corrected chi connectivity index (χ1v) is 8.61. The van der Waals surface area contributed by atoms with E-state index < -0.39 is 0 Å². The van der Waals surface area contributed by atoms with Crippen LogP contribution in [-0.2, 0) is 4.74 Å². The fourth-order valence-corrected chi connectivity index (χ4v) is 3.23. The van der Waals surface area contributed by atoms with Crippen LogP contribution in [0.2, 0.25) is 0 Å². The van der Waals surface area contributed by atoms with Crippen molar-refractivity contribution in [3.05, 3.63) is 42.6 Å². The summed E-state index contributed by atoms with van der Waals surface area (Å²) < 4.78 is 16.4. The lowest BCUT2D eigenvalue weighted by atomic mass is 10.0. The molecule has 6 heteroatoms. The summed E-state index contributed by atoms with van der Waals surface area (Å²) in [4.78, 5) is 11.6. The summed E-state index contributed by atoms with van der Waals surface area (Å²) in [6, 6.07) is 11.9. The third-order valence-electron chi connectivity index (χ3n) is 4.58. The van der Waals surface area contributed by atoms with Crippen LogP contribution < -0.4 is 14.4 Å². The van der Waals surface area contributed by atoms with E-state index in [1.807, 2.05) is 42.6 Å². The third-order valence-corrected chi connectivity index (χ3v) is 4.58. The smallest absolute Gasteiger partial charge is 0.168 e. The molecule has 3 aromatic rings. The highest BCUT2D eigenvalue weighted by atomic mass is 16.5. The Kier molecular flexibility index (Phi) is 4.58. The standard InChI is InChI=1S/C20H21N3O3/c1-24-18-5-3-4-15(20(18)25-2)14-6-7-16-17(12-14)22-19(13-21-16)23-8-10-26-11-9-23/h3-7,12-13H,8-11H2,1-2H3. The van der Waals surface area contributed by atoms with Crippen molar-refractivity contribution in [2.75, 3.05) is 45.4 Å². The topological polar surface area (TPSA) is 56.7 Å². The van der Waals surface area contributed by atoms with Gasteiger partial charge in [0, 0.05) is 18.7 Å². The van der Waals surface area contributed by atoms with Crippen LogP contribution in [0.4, 0.5) is 5.82 Å². The quantitative estimate of drug-likeness (QED) is 0.720. The van der Waals surface area contributed by atoms with E-state index in [0.717, 1.165) is 54.3 Å². The van der Waals surface area contributed by atoms with Gasteiger partial charge < -0.3 is 19.1 Å². The fraction of sp³-hybridized carbons (Fsp3) is 0.300. The molecule has 1 aliphatic rings. The molecule has 0 saturated carbocycles. The summed E-state index contributed by atoms with van der Waals surface area (Å²) in [5.41, 5.74) is 3.71. The molecule has 2 aromatic carbocycles. The van der Waals surface area contributed by atoms with Gasteiger partial charge in [-0.2, -0.15) is 0 Å². The highest BCUT2D eigenvalue weighted by Crippen LogP contribution is 2.38. The number of rotatable bonds is 4. The number of aromatic nitrogens is 2. The number of hydrogen-bond donors (Lipinski definition) is 0. The molecule has 0 atom stereocenters. The van der Waals surface area contributed by atoms with Gasteiger partial charge >= 0.3 is 0 Å². The van der Waals surface area contributed by atoms with Crippen molar-refractivity contribution in [2.24, 2.45) is 0 Å². The number of anilines is 1. The molecule has 1 fully saturated rings. The molecule has 6 nitrogen and oxygen atoms in total. The number of hydrogen-bond acceptors (Lipinski definition) is 6. The Morgan fingerprint density at radius 3 is 2.62 bits per heavy atom. The minimum atomic E-state index is 0.707. The van der Waals surface area contributed by atoms with E-state index in [2.05, 4.69) is 9.88 Å². The van der Waals surface area contributed by atoms with Crippen LogP contribution in [0.5, 0.6) is 11.5 Å². The first-order valence-electron chi connectivity index (χ1n) is 8.61. The molecule has 1 aliphatic heterocycles. The minimum absolute atomic E-state index is 0.707. The molecular weight excluding hydrogens is 330 g/mol. The molecule has 0 spiro atoms. The second-order valence-electron chi connectivity index (χ2n) is 6.07. The van der Waals surface area contributed by atoms with Crippen molar-refractivity contribution < 1.29 is 14.2 Å². The minimum Gasteiger partial charge on any atom is -0.493 e. The van der Waals surface area contributed by atoms with Gasteiger partial charge in [-0.1, -0.05) is 18.2 Å². The maximum absolute atomic E-state index is 5.57. The van der Waals surface area contributed by atoms with Crippen LogP contribution in [0.3, 0.4) is 0 Å². The Hall–Kier alpha value is -2.86. The van der Waals surface area contributed by atoms with E-state index >= 15 is 0 Å². The van der Waals surface area contributed by atoms with Crippen LogP contribution in [0, 0.1) is 0 Å². The summed E-state index contributed by atoms with van der Waals surface area (Å²) in [5.74, 6) is 2.31. The van der Waals surface area contributed by atoms with E-state index in [4.69, 9.17) is 19.2 Å². The molecule has 0 aliphatic carbocycles. The second kappa shape index (κ2) is 7.17. The summed E-state index contributed by atoms with van der Waals surface area (Å²) in [6.45, 7) is 3.12. The number of nitrogens with zero attached hydrogens (tertiary/aromatic N) is 3. The maximum atomic E-state index is 5.57. The van der Waals surface area contributed by atoms with Crippen LogP contribution in [0.15, 0.2) is 42.6 Å². The van der Waals surface area contributed by atoms with E-state index in [1.165, 1.54) is 0 Å². The number of morpholine rings is 1. The average molecular weight is 351 g/mol. The van der Waals surface area contributed by atoms with Crippen molar-refractivity contribution in [3.63, 3.8) is 0 Å². The van der Waals surface area contributed by atoms with Gasteiger partial charge in [0.2, 0.25) is 0 Å². The van der Waals surface area contributed by atoms with E-state index in [9.17, 15) is 0 Å². The van der Waals surface area contributed by atoms with Crippen molar-refractivity contribution >= 4 is 16.9 Å². The highest BCUT2D eigenvalue weighted by molar-refractivity contribution is 5.84. The van der Waals surface area contributed by atoms with E-state index in [1.54, 1.807) is 14.2 Å². The lowest BCUT2D eigenvalue weighted by Gasteiger charge is -2.27. The van der Waals surface area contributed by atoms with E-state index in [-0.39, 0.29) is 0 Å². The van der Waals surface area contributed by atoms with Gasteiger partial charge in [0.05, 0.1) is 44.7 Å². The van der Waals surface area contributed by atoms with Crippen LogP contribution in [0.25, 0.3) is 22.2 Å².